The summed E-state index contributed by atoms with van der Waals surface area (Å²) in [6.07, 6.45) is 0.493. The molecule has 0 aliphatic heterocycles. The minimum Gasteiger partial charge on any atom is -0.550 e. The van der Waals surface area contributed by atoms with Crippen LogP contribution in [0.25, 0.3) is 0 Å². The molecule has 7 heteroatoms. The van der Waals surface area contributed by atoms with Crippen LogP contribution in [-0.4, -0.2) is 25.6 Å². The lowest BCUT2D eigenvalue weighted by molar-refractivity contribution is -0.305. The summed E-state index contributed by atoms with van der Waals surface area (Å²) in [6, 6.07) is 3.60. The average Bonchev–Trinajstić information content (AvgIpc) is 2.49. The summed E-state index contributed by atoms with van der Waals surface area (Å²) in [5.74, 6) is -0.388. The molecule has 0 unspecified atom stereocenters. The third-order valence-electron chi connectivity index (χ3n) is 2.79. The van der Waals surface area contributed by atoms with E-state index in [-0.39, 0.29) is 25.3 Å². The van der Waals surface area contributed by atoms with Crippen molar-refractivity contribution in [2.75, 3.05) is 13.7 Å². The molecule has 1 N–H and O–H groups in total. The number of benzene rings is 1. The Labute approximate surface area is 137 Å². The summed E-state index contributed by atoms with van der Waals surface area (Å²) >= 11 is 3.42. The van der Waals surface area contributed by atoms with Crippen molar-refractivity contribution >= 4 is 27.8 Å². The number of ether oxygens (including phenoxy) is 2. The van der Waals surface area contributed by atoms with Gasteiger partial charge in [0.1, 0.15) is 0 Å². The van der Waals surface area contributed by atoms with Crippen LogP contribution in [0.5, 0.6) is 11.5 Å². The Kier molecular flexibility index (Phi) is 7.73. The van der Waals surface area contributed by atoms with Crippen LogP contribution in [0, 0.1) is 0 Å². The Bertz CT molecular complexity index is 533. The van der Waals surface area contributed by atoms with Crippen molar-refractivity contribution in [3.05, 3.63) is 22.2 Å². The second-order valence-electron chi connectivity index (χ2n) is 4.61. The van der Waals surface area contributed by atoms with Gasteiger partial charge in [-0.3, -0.25) is 4.79 Å². The highest BCUT2D eigenvalue weighted by Gasteiger charge is 2.12. The Morgan fingerprint density at radius 2 is 2.05 bits per heavy atom. The molecule has 0 fully saturated rings. The molecule has 0 saturated carbocycles. The number of methoxy groups -OCH3 is 1. The maximum absolute atomic E-state index is 11.5. The van der Waals surface area contributed by atoms with E-state index < -0.39 is 5.97 Å². The number of halogens is 1. The van der Waals surface area contributed by atoms with E-state index in [2.05, 4.69) is 21.2 Å². The van der Waals surface area contributed by atoms with Gasteiger partial charge in [-0.05, 0) is 46.5 Å². The van der Waals surface area contributed by atoms with E-state index in [1.165, 1.54) is 0 Å². The van der Waals surface area contributed by atoms with E-state index in [0.717, 1.165) is 16.5 Å². The van der Waals surface area contributed by atoms with Crippen molar-refractivity contribution in [2.45, 2.75) is 32.7 Å². The highest BCUT2D eigenvalue weighted by Crippen LogP contribution is 2.36. The Balaban J connectivity index is 2.70. The van der Waals surface area contributed by atoms with Crippen LogP contribution in [0.3, 0.4) is 0 Å². The number of carboxylic acids is 1. The maximum Gasteiger partial charge on any atom is 0.220 e. The van der Waals surface area contributed by atoms with Gasteiger partial charge in [0.05, 0.1) is 18.2 Å². The number of amides is 1. The number of aliphatic carboxylic acids is 1. The Morgan fingerprint density at radius 1 is 1.32 bits per heavy atom. The third-order valence-corrected chi connectivity index (χ3v) is 3.37. The lowest BCUT2D eigenvalue weighted by atomic mass is 10.2. The van der Waals surface area contributed by atoms with Crippen LogP contribution < -0.4 is 19.9 Å². The minimum absolute atomic E-state index is 0.0989. The number of rotatable bonds is 9. The molecule has 0 saturated heterocycles. The van der Waals surface area contributed by atoms with E-state index in [1.807, 2.05) is 13.0 Å². The fraction of sp³-hybridized carbons (Fsp3) is 0.467. The van der Waals surface area contributed by atoms with Crippen molar-refractivity contribution in [1.82, 2.24) is 5.32 Å². The van der Waals surface area contributed by atoms with Gasteiger partial charge in [0, 0.05) is 18.9 Å². The third kappa shape index (κ3) is 5.93. The van der Waals surface area contributed by atoms with Gasteiger partial charge < -0.3 is 24.7 Å². The van der Waals surface area contributed by atoms with E-state index >= 15 is 0 Å². The van der Waals surface area contributed by atoms with Gasteiger partial charge in [0.2, 0.25) is 5.91 Å². The number of carbonyl (C=O) groups is 2. The molecule has 1 rings (SSSR count). The molecule has 0 radical (unpaired) electrons. The van der Waals surface area contributed by atoms with E-state index in [0.29, 0.717) is 18.1 Å². The number of nitrogens with one attached hydrogen (secondary N) is 1. The minimum atomic E-state index is -1.24. The highest BCUT2D eigenvalue weighted by atomic mass is 79.9. The van der Waals surface area contributed by atoms with E-state index in [4.69, 9.17) is 9.47 Å². The Morgan fingerprint density at radius 3 is 2.64 bits per heavy atom. The molecule has 0 bridgehead atoms. The molecule has 1 amide bonds. The van der Waals surface area contributed by atoms with Crippen molar-refractivity contribution in [1.29, 1.82) is 0 Å². The van der Waals surface area contributed by atoms with Crippen molar-refractivity contribution < 1.29 is 24.2 Å². The molecule has 0 spiro atoms. The van der Waals surface area contributed by atoms with E-state index in [1.54, 1.807) is 13.2 Å². The smallest absolute Gasteiger partial charge is 0.220 e. The summed E-state index contributed by atoms with van der Waals surface area (Å²) < 4.78 is 11.7. The number of carboxylic acid groups (broad SMARTS) is 1. The molecule has 0 atom stereocenters. The predicted octanol–water partition coefficient (Wildman–Crippen LogP) is 1.39. The van der Waals surface area contributed by atoms with Crippen molar-refractivity contribution in [3.8, 4) is 11.5 Å². The molecule has 1 aromatic carbocycles. The normalized spacial score (nSPS) is 10.1. The molecule has 0 heterocycles. The number of carbonyl (C=O) groups excluding carboxylic acids is 2. The number of hydrogen-bond acceptors (Lipinski definition) is 5. The molecule has 6 nitrogen and oxygen atoms in total. The lowest BCUT2D eigenvalue weighted by Crippen LogP contribution is -2.27. The topological polar surface area (TPSA) is 87.7 Å². The highest BCUT2D eigenvalue weighted by molar-refractivity contribution is 9.10. The summed E-state index contributed by atoms with van der Waals surface area (Å²) in [5.41, 5.74) is 0.814. The van der Waals surface area contributed by atoms with Gasteiger partial charge >= 0.3 is 0 Å². The van der Waals surface area contributed by atoms with E-state index in [9.17, 15) is 14.7 Å². The summed E-state index contributed by atoms with van der Waals surface area (Å²) in [5, 5.41) is 13.0. The van der Waals surface area contributed by atoms with Gasteiger partial charge in [-0.1, -0.05) is 6.92 Å². The summed E-state index contributed by atoms with van der Waals surface area (Å²) in [6.45, 7) is 2.86. The van der Waals surface area contributed by atoms with Crippen LogP contribution in [-0.2, 0) is 16.1 Å². The maximum atomic E-state index is 11.5. The molecule has 22 heavy (non-hydrogen) atoms. The van der Waals surface area contributed by atoms with Gasteiger partial charge in [0.25, 0.3) is 0 Å². The molecule has 122 valence electrons. The average molecular weight is 373 g/mol. The monoisotopic (exact) mass is 372 g/mol. The second kappa shape index (κ2) is 9.30. The van der Waals surface area contributed by atoms with Crippen molar-refractivity contribution in [2.24, 2.45) is 0 Å². The zero-order chi connectivity index (χ0) is 16.5. The quantitative estimate of drug-likeness (QED) is 0.707. The van der Waals surface area contributed by atoms with Crippen LogP contribution in [0.1, 0.15) is 31.7 Å². The molecular formula is C15H19BrNO5-. The van der Waals surface area contributed by atoms with Crippen molar-refractivity contribution in [3.63, 3.8) is 0 Å². The van der Waals surface area contributed by atoms with Crippen LogP contribution in [0.4, 0.5) is 0 Å². The first-order valence-corrected chi connectivity index (χ1v) is 7.73. The summed E-state index contributed by atoms with van der Waals surface area (Å²) in [7, 11) is 1.54. The predicted molar refractivity (Wildman–Crippen MR) is 82.6 cm³/mol. The zero-order valence-electron chi connectivity index (χ0n) is 12.6. The standard InChI is InChI=1S/C15H20BrNO5/c1-3-6-22-15-11(16)7-10(8-12(15)21-2)9-17-13(18)4-5-14(19)20/h7-8H,3-6,9H2,1-2H3,(H,17,18)(H,19,20)/p-1. The van der Waals surface area contributed by atoms with Gasteiger partial charge in [-0.25, -0.2) is 0 Å². The van der Waals surface area contributed by atoms with Crippen LogP contribution in [0.2, 0.25) is 0 Å². The summed E-state index contributed by atoms with van der Waals surface area (Å²) in [4.78, 5) is 21.8. The van der Waals surface area contributed by atoms with Crippen LogP contribution in [0.15, 0.2) is 16.6 Å². The van der Waals surface area contributed by atoms with Crippen LogP contribution >= 0.6 is 15.9 Å². The zero-order valence-corrected chi connectivity index (χ0v) is 14.2. The molecule has 1 aromatic rings. The first kappa shape index (κ1) is 18.3. The van der Waals surface area contributed by atoms with Gasteiger partial charge in [0.15, 0.2) is 11.5 Å². The molecule has 0 aliphatic carbocycles. The van der Waals surface area contributed by atoms with Gasteiger partial charge in [-0.2, -0.15) is 0 Å². The fourth-order valence-electron chi connectivity index (χ4n) is 1.72. The molecule has 0 aliphatic rings. The number of hydrogen-bond donors (Lipinski definition) is 1. The lowest BCUT2D eigenvalue weighted by Gasteiger charge is -2.14. The second-order valence-corrected chi connectivity index (χ2v) is 5.46. The Hall–Kier alpha value is -1.76. The SMILES string of the molecule is CCCOc1c(Br)cc(CNC(=O)CCC(=O)[O-])cc1OC. The molecule has 0 aromatic heterocycles. The molecular weight excluding hydrogens is 354 g/mol. The van der Waals surface area contributed by atoms with Gasteiger partial charge in [-0.15, -0.1) is 0 Å². The first-order chi connectivity index (χ1) is 10.5. The largest absolute Gasteiger partial charge is 0.550 e. The first-order valence-electron chi connectivity index (χ1n) is 6.93. The fourth-order valence-corrected chi connectivity index (χ4v) is 2.33.